The van der Waals surface area contributed by atoms with Crippen molar-refractivity contribution < 1.29 is 0 Å². The Labute approximate surface area is 300 Å². The molecule has 51 heavy (non-hydrogen) atoms. The fraction of sp³-hybridized carbons (Fsp3) is 0.0417. The van der Waals surface area contributed by atoms with E-state index in [1.54, 1.807) is 0 Å². The second-order valence-corrected chi connectivity index (χ2v) is 18.1. The van der Waals surface area contributed by atoms with Gasteiger partial charge in [0.2, 0.25) is 0 Å². The molecule has 0 radical (unpaired) electrons. The highest BCUT2D eigenvalue weighted by Gasteiger charge is 2.41. The second-order valence-electron chi connectivity index (χ2n) is 13.8. The van der Waals surface area contributed by atoms with Gasteiger partial charge >= 0.3 is 0 Å². The molecule has 0 aliphatic carbocycles. The van der Waals surface area contributed by atoms with Gasteiger partial charge in [0, 0.05) is 11.1 Å². The van der Waals surface area contributed by atoms with Gasteiger partial charge in [-0.25, -0.2) is 9.97 Å². The minimum absolute atomic E-state index is 0.754. The summed E-state index contributed by atoms with van der Waals surface area (Å²) in [6.45, 7) is 4.88. The van der Waals surface area contributed by atoms with Gasteiger partial charge in [-0.15, -0.1) is 0 Å². The molecule has 0 unspecified atom stereocenters. The van der Waals surface area contributed by atoms with Crippen LogP contribution < -0.4 is 10.4 Å². The zero-order valence-electron chi connectivity index (χ0n) is 28.7. The van der Waals surface area contributed by atoms with Crippen molar-refractivity contribution in [1.29, 1.82) is 0 Å². The molecule has 0 fully saturated rings. The smallest absolute Gasteiger partial charge is 0.160 e. The third kappa shape index (κ3) is 5.62. The maximum Gasteiger partial charge on any atom is 0.160 e. The first-order valence-corrected chi connectivity index (χ1v) is 20.6. The Bertz CT molecular complexity index is 2550. The van der Waals surface area contributed by atoms with Crippen molar-refractivity contribution in [2.75, 3.05) is 0 Å². The number of hydrogen-bond acceptors (Lipinski definition) is 2. The Morgan fingerprint density at radius 3 is 1.25 bits per heavy atom. The van der Waals surface area contributed by atoms with Gasteiger partial charge in [-0.2, -0.15) is 0 Å². The van der Waals surface area contributed by atoms with Crippen molar-refractivity contribution in [2.45, 2.75) is 13.1 Å². The van der Waals surface area contributed by atoms with Crippen molar-refractivity contribution in [2.24, 2.45) is 0 Å². The molecule has 1 aromatic heterocycles. The van der Waals surface area contributed by atoms with Crippen LogP contribution in [0.5, 0.6) is 0 Å². The summed E-state index contributed by atoms with van der Waals surface area (Å²) in [7, 11) is -2.08. The van der Waals surface area contributed by atoms with Gasteiger partial charge in [-0.1, -0.05) is 171 Å². The molecule has 2 nitrogen and oxygen atoms in total. The summed E-state index contributed by atoms with van der Waals surface area (Å²) in [5.74, 6) is 0.754. The van der Waals surface area contributed by atoms with E-state index in [0.29, 0.717) is 0 Å². The third-order valence-corrected chi connectivity index (χ3v) is 13.8. The average molecular weight is 669 g/mol. The third-order valence-electron chi connectivity index (χ3n) is 10.3. The molecule has 0 amide bonds. The first-order chi connectivity index (χ1) is 25.0. The minimum Gasteiger partial charge on any atom is -0.228 e. The maximum atomic E-state index is 5.46. The van der Waals surface area contributed by atoms with Gasteiger partial charge in [0.15, 0.2) is 5.82 Å². The summed E-state index contributed by atoms with van der Waals surface area (Å²) < 4.78 is 0. The van der Waals surface area contributed by atoms with Crippen LogP contribution in [0.25, 0.3) is 78.4 Å². The number of aromatic nitrogens is 2. The fourth-order valence-corrected chi connectivity index (χ4v) is 10.9. The van der Waals surface area contributed by atoms with Crippen LogP contribution in [0.15, 0.2) is 182 Å². The predicted octanol–water partition coefficient (Wildman–Crippen LogP) is 11.3. The molecule has 242 valence electrons. The number of benzene rings is 7. The molecule has 8 aromatic rings. The Balaban J connectivity index is 1.16. The van der Waals surface area contributed by atoms with Crippen LogP contribution in [0.4, 0.5) is 0 Å². The van der Waals surface area contributed by atoms with Crippen LogP contribution >= 0.6 is 0 Å². The summed E-state index contributed by atoms with van der Waals surface area (Å²) >= 11 is 0. The molecule has 0 spiro atoms. The van der Waals surface area contributed by atoms with E-state index in [1.807, 2.05) is 0 Å². The summed E-state index contributed by atoms with van der Waals surface area (Å²) in [5.41, 5.74) is 15.0. The lowest BCUT2D eigenvalue weighted by Gasteiger charge is -2.22. The highest BCUT2D eigenvalue weighted by atomic mass is 28.3. The normalized spacial score (nSPS) is 12.7. The van der Waals surface area contributed by atoms with Gasteiger partial charge in [0.05, 0.1) is 11.4 Å². The molecular weight excluding hydrogens is 633 g/mol. The van der Waals surface area contributed by atoms with E-state index in [2.05, 4.69) is 195 Å². The van der Waals surface area contributed by atoms with Gasteiger partial charge in [0.25, 0.3) is 0 Å². The van der Waals surface area contributed by atoms with Crippen molar-refractivity contribution in [1.82, 2.24) is 9.97 Å². The van der Waals surface area contributed by atoms with Crippen molar-refractivity contribution in [3.05, 3.63) is 182 Å². The van der Waals surface area contributed by atoms with E-state index in [0.717, 1.165) is 39.5 Å². The fourth-order valence-electron chi connectivity index (χ4n) is 7.66. The number of hydrogen-bond donors (Lipinski definition) is 0. The highest BCUT2D eigenvalue weighted by Crippen LogP contribution is 2.36. The molecular formula is C48H36N2Si. The van der Waals surface area contributed by atoms with E-state index in [-0.39, 0.29) is 0 Å². The second kappa shape index (κ2) is 12.6. The number of fused-ring (bicyclic) bond motifs is 3. The lowest BCUT2D eigenvalue weighted by atomic mass is 9.95. The molecule has 9 rings (SSSR count). The Morgan fingerprint density at radius 1 is 0.333 bits per heavy atom. The molecule has 0 N–H and O–H groups in total. The van der Waals surface area contributed by atoms with E-state index in [4.69, 9.17) is 9.97 Å². The Hall–Kier alpha value is -6.16. The SMILES string of the molecule is C[Si]1(C)c2ccccc2-c2nc(-c3cccc(-c4cccc(-c5cccc(-c6ccccc6)c5)c4)c3)nc(-c3cccc(-c4ccccc4)c3)c21. The molecule has 0 atom stereocenters. The molecule has 7 aromatic carbocycles. The average Bonchev–Trinajstić information content (AvgIpc) is 3.44. The Kier molecular flexibility index (Phi) is 7.64. The topological polar surface area (TPSA) is 25.8 Å². The van der Waals surface area contributed by atoms with E-state index < -0.39 is 8.07 Å². The summed E-state index contributed by atoms with van der Waals surface area (Å²) in [6.07, 6.45) is 0. The summed E-state index contributed by atoms with van der Waals surface area (Å²) in [5, 5.41) is 2.74. The molecule has 0 saturated carbocycles. The van der Waals surface area contributed by atoms with Crippen molar-refractivity contribution in [3.63, 3.8) is 0 Å². The van der Waals surface area contributed by atoms with Crippen LogP contribution in [-0.4, -0.2) is 18.0 Å². The largest absolute Gasteiger partial charge is 0.228 e. The maximum absolute atomic E-state index is 5.46. The summed E-state index contributed by atoms with van der Waals surface area (Å²) in [6, 6.07) is 65.2. The number of rotatable bonds is 6. The van der Waals surface area contributed by atoms with E-state index >= 15 is 0 Å². The van der Waals surface area contributed by atoms with Crippen LogP contribution in [0.2, 0.25) is 13.1 Å². The summed E-state index contributed by atoms with van der Waals surface area (Å²) in [4.78, 5) is 10.8. The first-order valence-electron chi connectivity index (χ1n) is 17.6. The molecule has 2 heterocycles. The van der Waals surface area contributed by atoms with E-state index in [9.17, 15) is 0 Å². The molecule has 1 aliphatic rings. The van der Waals surface area contributed by atoms with Gasteiger partial charge in [-0.3, -0.25) is 0 Å². The zero-order chi connectivity index (χ0) is 34.4. The van der Waals surface area contributed by atoms with Crippen molar-refractivity contribution in [3.8, 4) is 78.4 Å². The van der Waals surface area contributed by atoms with Crippen LogP contribution in [0, 0.1) is 0 Å². The minimum atomic E-state index is -2.08. The van der Waals surface area contributed by atoms with Crippen molar-refractivity contribution >= 4 is 18.4 Å². The van der Waals surface area contributed by atoms with E-state index in [1.165, 1.54) is 49.3 Å². The van der Waals surface area contributed by atoms with Gasteiger partial charge in [-0.05, 0) is 84.7 Å². The highest BCUT2D eigenvalue weighted by molar-refractivity contribution is 7.04. The monoisotopic (exact) mass is 668 g/mol. The molecule has 1 aliphatic heterocycles. The lowest BCUT2D eigenvalue weighted by molar-refractivity contribution is 1.20. The molecule has 3 heteroatoms. The standard InChI is InChI=1S/C48H36N2Si/c1-51(2)44-28-10-9-27-43(44)46-47(51)45(41-25-13-20-36(31-41)34-17-7-4-8-18-34)49-48(50-46)42-26-14-24-40(32-42)39-23-12-22-38(30-39)37-21-11-19-35(29-37)33-15-5-3-6-16-33/h3-32H,1-2H3. The van der Waals surface area contributed by atoms with Gasteiger partial charge in [0.1, 0.15) is 8.07 Å². The number of nitrogens with zero attached hydrogens (tertiary/aromatic N) is 2. The van der Waals surface area contributed by atoms with Gasteiger partial charge < -0.3 is 0 Å². The van der Waals surface area contributed by atoms with Crippen LogP contribution in [0.3, 0.4) is 0 Å². The Morgan fingerprint density at radius 2 is 0.706 bits per heavy atom. The first kappa shape index (κ1) is 30.9. The molecule has 0 bridgehead atoms. The quantitative estimate of drug-likeness (QED) is 0.165. The zero-order valence-corrected chi connectivity index (χ0v) is 29.7. The molecule has 0 saturated heterocycles. The lowest BCUT2D eigenvalue weighted by Crippen LogP contribution is -2.50. The predicted molar refractivity (Wildman–Crippen MR) is 217 cm³/mol. The van der Waals surface area contributed by atoms with Crippen LogP contribution in [-0.2, 0) is 0 Å². The van der Waals surface area contributed by atoms with Crippen LogP contribution in [0.1, 0.15) is 0 Å².